The molecule has 3 heterocycles. The van der Waals surface area contributed by atoms with Gasteiger partial charge in [0, 0.05) is 44.4 Å². The Morgan fingerprint density at radius 1 is 0.903 bits per heavy atom. The molecule has 20 nitrogen and oxygen atoms in total. The van der Waals surface area contributed by atoms with Crippen molar-refractivity contribution in [2.45, 2.75) is 179 Å². The maximum absolute atomic E-state index is 14.4. The van der Waals surface area contributed by atoms with Crippen LogP contribution in [0.15, 0.2) is 5.16 Å². The van der Waals surface area contributed by atoms with Crippen molar-refractivity contribution in [3.8, 4) is 0 Å². The van der Waals surface area contributed by atoms with Gasteiger partial charge < -0.3 is 68.1 Å². The highest BCUT2D eigenvalue weighted by atomic mass is 32.3. The van der Waals surface area contributed by atoms with Crippen LogP contribution in [0.2, 0.25) is 0 Å². The number of carbonyl (C=O) groups is 1. The van der Waals surface area contributed by atoms with Gasteiger partial charge in [-0.25, -0.2) is 4.18 Å². The lowest BCUT2D eigenvalue weighted by Crippen LogP contribution is -2.61. The molecule has 0 bridgehead atoms. The minimum atomic E-state index is -5.07. The third-order valence-corrected chi connectivity index (χ3v) is 13.3. The van der Waals surface area contributed by atoms with Crippen molar-refractivity contribution in [3.05, 3.63) is 0 Å². The van der Waals surface area contributed by atoms with Gasteiger partial charge in [0.2, 0.25) is 6.79 Å². The molecule has 3 aliphatic heterocycles. The molecule has 3 rings (SSSR count). The highest BCUT2D eigenvalue weighted by molar-refractivity contribution is 7.80. The minimum Gasteiger partial charge on any atom is -0.459 e. The Labute approximate surface area is 367 Å². The second-order valence-corrected chi connectivity index (χ2v) is 19.3. The van der Waals surface area contributed by atoms with Crippen molar-refractivity contribution in [1.29, 1.82) is 0 Å². The Kier molecular flexibility index (Phi) is 20.0. The molecule has 5 N–H and O–H groups in total. The monoisotopic (exact) mass is 916 g/mol. The summed E-state index contributed by atoms with van der Waals surface area (Å²) in [7, 11) is 1.31. The first kappa shape index (κ1) is 54.7. The molecule has 364 valence electrons. The number of esters is 1. The van der Waals surface area contributed by atoms with Crippen molar-refractivity contribution in [2.75, 3.05) is 48.3 Å². The largest absolute Gasteiger partial charge is 0.459 e. The first-order valence-corrected chi connectivity index (χ1v) is 22.8. The first-order chi connectivity index (χ1) is 28.6. The van der Waals surface area contributed by atoms with E-state index in [1.165, 1.54) is 28.1 Å². The molecule has 3 fully saturated rings. The number of rotatable bonds is 15. The van der Waals surface area contributed by atoms with E-state index in [9.17, 15) is 38.2 Å². The molecule has 62 heavy (non-hydrogen) atoms. The highest BCUT2D eigenvalue weighted by Gasteiger charge is 2.54. The van der Waals surface area contributed by atoms with Crippen LogP contribution in [0.4, 0.5) is 0 Å². The van der Waals surface area contributed by atoms with Gasteiger partial charge in [-0.15, -0.1) is 0 Å². The van der Waals surface area contributed by atoms with E-state index in [2.05, 4.69) is 5.16 Å². The quantitative estimate of drug-likeness (QED) is 0.0518. The predicted octanol–water partition coefficient (Wildman–Crippen LogP) is 2.04. The fourth-order valence-corrected chi connectivity index (χ4v) is 9.66. The fourth-order valence-electron chi connectivity index (χ4n) is 9.16. The van der Waals surface area contributed by atoms with Crippen LogP contribution in [0.5, 0.6) is 0 Å². The minimum absolute atomic E-state index is 0.0162. The number of nitrogens with zero attached hydrogens (tertiary/aromatic N) is 2. The van der Waals surface area contributed by atoms with Crippen molar-refractivity contribution < 1.29 is 85.1 Å². The van der Waals surface area contributed by atoms with Gasteiger partial charge >= 0.3 is 16.4 Å². The summed E-state index contributed by atoms with van der Waals surface area (Å²) >= 11 is 0. The fraction of sp³-hybridized carbons (Fsp3) is 0.951. The van der Waals surface area contributed by atoms with Crippen molar-refractivity contribution in [3.63, 3.8) is 0 Å². The van der Waals surface area contributed by atoms with E-state index in [1.807, 2.05) is 0 Å². The van der Waals surface area contributed by atoms with Crippen molar-refractivity contribution in [2.24, 2.45) is 28.8 Å². The molecule has 3 aliphatic rings. The van der Waals surface area contributed by atoms with Crippen molar-refractivity contribution >= 4 is 22.1 Å². The molecule has 0 aromatic rings. The molecule has 3 saturated heterocycles. The Hall–Kier alpha value is -1.67. The molecule has 18 atom stereocenters. The summed E-state index contributed by atoms with van der Waals surface area (Å²) in [6.07, 6.45) is -11.6. The Balaban J connectivity index is 2.30. The van der Waals surface area contributed by atoms with E-state index in [0.717, 1.165) is 0 Å². The number of carbonyl (C=O) groups excluding carboxylic acids is 1. The number of hydrogen-bond acceptors (Lipinski definition) is 19. The molecular weight excluding hydrogens is 841 g/mol. The number of methoxy groups -OCH3 is 2. The number of oxime groups is 1. The average molecular weight is 917 g/mol. The van der Waals surface area contributed by atoms with Gasteiger partial charge in [-0.05, 0) is 74.9 Å². The molecule has 0 amide bonds. The van der Waals surface area contributed by atoms with Crippen LogP contribution < -0.4 is 0 Å². The lowest BCUT2D eigenvalue weighted by molar-refractivity contribution is -0.316. The summed E-state index contributed by atoms with van der Waals surface area (Å²) in [5.41, 5.74) is -4.89. The summed E-state index contributed by atoms with van der Waals surface area (Å²) < 4.78 is 87.9. The number of aliphatic hydroxyl groups is 4. The second-order valence-electron chi connectivity index (χ2n) is 18.2. The zero-order valence-corrected chi connectivity index (χ0v) is 39.8. The molecule has 21 heteroatoms. The standard InChI is InChI=1S/C41H76N2O18S/c1-15-29-41(10,48)34(44)24(4)31(42-55-21-54-17-16-52-13)22(2)19-39(8,47)36(60-38-33(61-62(49,50)51)28(43(11)12)18-23(3)56-38)25(5)32(26(6)37(46)58-29)59-30-20-40(9,53-14)35(45)27(7)57-30/h22-30,32-36,38,44-45,47-48H,15-21H2,1-14H3,(H,49,50,51)/b42-31+/t22-,23-,24+,25+,26-,27+,28+,29-,30+,32+,33-,34-,35+,36-,38+,39-,40-,41-/m1/s1. The van der Waals surface area contributed by atoms with E-state index >= 15 is 0 Å². The second kappa shape index (κ2) is 22.7. The summed E-state index contributed by atoms with van der Waals surface area (Å²) in [5, 5.41) is 52.1. The zero-order chi connectivity index (χ0) is 47.1. The summed E-state index contributed by atoms with van der Waals surface area (Å²) in [4.78, 5) is 21.7. The van der Waals surface area contributed by atoms with Gasteiger partial charge in [0.15, 0.2) is 12.6 Å². The van der Waals surface area contributed by atoms with Crippen LogP contribution in [0.25, 0.3) is 0 Å². The van der Waals surface area contributed by atoms with Crippen LogP contribution in [-0.2, 0) is 62.1 Å². The highest BCUT2D eigenvalue weighted by Crippen LogP contribution is 2.41. The van der Waals surface area contributed by atoms with Gasteiger partial charge in [0.1, 0.15) is 23.9 Å². The zero-order valence-electron chi connectivity index (χ0n) is 39.0. The summed E-state index contributed by atoms with van der Waals surface area (Å²) in [5.74, 6) is -4.71. The van der Waals surface area contributed by atoms with E-state index < -0.39 is 124 Å². The van der Waals surface area contributed by atoms with E-state index in [0.29, 0.717) is 6.61 Å². The van der Waals surface area contributed by atoms with Crippen molar-refractivity contribution in [1.82, 2.24) is 4.90 Å². The van der Waals surface area contributed by atoms with Gasteiger partial charge in [0.05, 0.1) is 66.6 Å². The van der Waals surface area contributed by atoms with E-state index in [4.69, 9.17) is 46.9 Å². The lowest BCUT2D eigenvalue weighted by Gasteiger charge is -2.49. The van der Waals surface area contributed by atoms with Crippen LogP contribution in [0, 0.1) is 23.7 Å². The van der Waals surface area contributed by atoms with Gasteiger partial charge in [-0.1, -0.05) is 32.9 Å². The Morgan fingerprint density at radius 2 is 1.55 bits per heavy atom. The average Bonchev–Trinajstić information content (AvgIpc) is 3.18. The summed E-state index contributed by atoms with van der Waals surface area (Å²) in [6, 6.07) is -0.664. The molecule has 0 spiro atoms. The topological polar surface area (TPSA) is 260 Å². The Morgan fingerprint density at radius 3 is 2.11 bits per heavy atom. The third-order valence-electron chi connectivity index (χ3n) is 12.8. The number of ether oxygens (including phenoxy) is 8. The Bertz CT molecular complexity index is 1550. The number of likely N-dealkylation sites (N-methyl/N-ethyl adjacent to an activating group) is 1. The van der Waals surface area contributed by atoms with Crippen LogP contribution in [0.3, 0.4) is 0 Å². The number of hydrogen-bond donors (Lipinski definition) is 5. The first-order valence-electron chi connectivity index (χ1n) is 21.4. The normalized spacial score (nSPS) is 43.9. The van der Waals surface area contributed by atoms with E-state index in [-0.39, 0.29) is 44.8 Å². The summed E-state index contributed by atoms with van der Waals surface area (Å²) in [6.45, 7) is 16.4. The molecule has 0 aromatic heterocycles. The van der Waals surface area contributed by atoms with Gasteiger partial charge in [0.25, 0.3) is 0 Å². The maximum atomic E-state index is 14.4. The molecule has 0 aliphatic carbocycles. The van der Waals surface area contributed by atoms with Gasteiger partial charge in [-0.2, -0.15) is 8.42 Å². The molecule has 0 saturated carbocycles. The third kappa shape index (κ3) is 13.7. The number of aliphatic hydroxyl groups excluding tert-OH is 2. The number of cyclic esters (lactones) is 1. The maximum Gasteiger partial charge on any atom is 0.397 e. The molecule has 0 aromatic carbocycles. The smallest absolute Gasteiger partial charge is 0.397 e. The van der Waals surface area contributed by atoms with E-state index in [1.54, 1.807) is 74.4 Å². The predicted molar refractivity (Wildman–Crippen MR) is 223 cm³/mol. The van der Waals surface area contributed by atoms with Crippen LogP contribution in [0.1, 0.15) is 94.9 Å². The van der Waals surface area contributed by atoms with Crippen LogP contribution >= 0.6 is 0 Å². The SMILES string of the molecule is CC[C@H]1OC(=O)[C@H](C)[C@@H](O[C@H]2C[C@@](C)(OC)[C@@H](O)[C@H](C)O2)[C@H](C)[C@@H](O[C@@H]2O[C@H](C)C[C@H](N(C)C)[C@H]2OS(=O)(=O)O)[C@](C)(O)C[C@@H](C)/C(=N\OCOCCOC)[C@H](C)[C@@H](O)[C@]1(C)O. The molecule has 0 unspecified atom stereocenters. The van der Waals surface area contributed by atoms with Gasteiger partial charge in [-0.3, -0.25) is 9.35 Å². The lowest BCUT2D eigenvalue weighted by atomic mass is 9.73. The van der Waals surface area contributed by atoms with Crippen LogP contribution in [-0.4, -0.2) is 183 Å². The molecule has 0 radical (unpaired) electrons. The molecular formula is C41H76N2O18S.